The Hall–Kier alpha value is -1.37. The zero-order valence-electron chi connectivity index (χ0n) is 16.7. The number of nitrogens with zero attached hydrogens (tertiary/aromatic N) is 3. The number of carbonyl (C=O) groups is 2. The standard InChI is InChI=1S/C20H30N4O2.2ClH/c1-3-4-17-13-15(7-9-22-17)20(26)23-11-8-18-16(14-23)5-6-19(25)24(18)12-10-21-2;;/h7,9,13,16,18,21H,3-6,8,10-12,14H2,1-2H3;2*1H/t16-,18+;;/m0../s1. The van der Waals surface area contributed by atoms with E-state index in [4.69, 9.17) is 0 Å². The predicted octanol–water partition coefficient (Wildman–Crippen LogP) is 2.55. The fourth-order valence-corrected chi connectivity index (χ4v) is 4.25. The number of aryl methyl sites for hydroxylation is 1. The number of nitrogens with one attached hydrogen (secondary N) is 1. The summed E-state index contributed by atoms with van der Waals surface area (Å²) in [7, 11) is 1.91. The average Bonchev–Trinajstić information content (AvgIpc) is 2.67. The highest BCUT2D eigenvalue weighted by atomic mass is 35.5. The van der Waals surface area contributed by atoms with Crippen LogP contribution in [-0.4, -0.2) is 65.9 Å². The number of hydrogen-bond donors (Lipinski definition) is 1. The Labute approximate surface area is 180 Å². The lowest BCUT2D eigenvalue weighted by atomic mass is 9.83. The van der Waals surface area contributed by atoms with Gasteiger partial charge in [-0.25, -0.2) is 0 Å². The number of pyridine rings is 1. The third-order valence-corrected chi connectivity index (χ3v) is 5.60. The number of hydrogen-bond acceptors (Lipinski definition) is 4. The SMILES string of the molecule is CCCc1cc(C(=O)N2CC[C@@H]3[C@@H](CCC(=O)N3CCNC)C2)ccn1.Cl.Cl. The van der Waals surface area contributed by atoms with Crippen molar-refractivity contribution in [2.24, 2.45) is 5.92 Å². The van der Waals surface area contributed by atoms with E-state index in [1.165, 1.54) is 0 Å². The van der Waals surface area contributed by atoms with E-state index in [0.717, 1.165) is 63.1 Å². The van der Waals surface area contributed by atoms with E-state index >= 15 is 0 Å². The molecule has 3 heterocycles. The lowest BCUT2D eigenvalue weighted by Crippen LogP contribution is -2.57. The van der Waals surface area contributed by atoms with Crippen molar-refractivity contribution in [1.82, 2.24) is 20.1 Å². The molecule has 8 heteroatoms. The highest BCUT2D eigenvalue weighted by Crippen LogP contribution is 2.31. The summed E-state index contributed by atoms with van der Waals surface area (Å²) >= 11 is 0. The molecule has 0 unspecified atom stereocenters. The molecule has 1 aromatic heterocycles. The van der Waals surface area contributed by atoms with Gasteiger partial charge in [-0.3, -0.25) is 14.6 Å². The van der Waals surface area contributed by atoms with Crippen molar-refractivity contribution in [3.05, 3.63) is 29.6 Å². The Bertz CT molecular complexity index is 659. The van der Waals surface area contributed by atoms with Gasteiger partial charge in [-0.05, 0) is 44.4 Å². The molecule has 0 aliphatic carbocycles. The Morgan fingerprint density at radius 2 is 2.11 bits per heavy atom. The number of rotatable bonds is 6. The molecule has 2 fully saturated rings. The van der Waals surface area contributed by atoms with Crippen molar-refractivity contribution in [3.63, 3.8) is 0 Å². The summed E-state index contributed by atoms with van der Waals surface area (Å²) in [5.41, 5.74) is 1.72. The molecule has 3 rings (SSSR count). The molecule has 0 spiro atoms. The summed E-state index contributed by atoms with van der Waals surface area (Å²) in [6, 6.07) is 4.03. The molecule has 1 aromatic rings. The van der Waals surface area contributed by atoms with E-state index in [1.54, 1.807) is 6.20 Å². The van der Waals surface area contributed by atoms with Crippen LogP contribution in [0.2, 0.25) is 0 Å². The Morgan fingerprint density at radius 1 is 1.32 bits per heavy atom. The van der Waals surface area contributed by atoms with Crippen LogP contribution in [0.25, 0.3) is 0 Å². The van der Waals surface area contributed by atoms with Crippen molar-refractivity contribution in [2.75, 3.05) is 33.2 Å². The van der Waals surface area contributed by atoms with E-state index < -0.39 is 0 Å². The molecule has 2 aliphatic heterocycles. The molecule has 0 bridgehead atoms. The number of likely N-dealkylation sites (N-methyl/N-ethyl adjacent to an activating group) is 1. The molecule has 2 amide bonds. The lowest BCUT2D eigenvalue weighted by Gasteiger charge is -2.47. The van der Waals surface area contributed by atoms with Gasteiger partial charge in [-0.15, -0.1) is 24.8 Å². The van der Waals surface area contributed by atoms with Crippen molar-refractivity contribution in [3.8, 4) is 0 Å². The minimum atomic E-state index is 0. The van der Waals surface area contributed by atoms with Gasteiger partial charge >= 0.3 is 0 Å². The van der Waals surface area contributed by atoms with Crippen molar-refractivity contribution >= 4 is 36.6 Å². The van der Waals surface area contributed by atoms with Crippen molar-refractivity contribution in [1.29, 1.82) is 0 Å². The van der Waals surface area contributed by atoms with E-state index in [2.05, 4.69) is 17.2 Å². The number of amides is 2. The second-order valence-electron chi connectivity index (χ2n) is 7.38. The van der Waals surface area contributed by atoms with E-state index in [-0.39, 0.29) is 42.7 Å². The molecule has 6 nitrogen and oxygen atoms in total. The van der Waals surface area contributed by atoms with Gasteiger partial charge in [0.25, 0.3) is 5.91 Å². The van der Waals surface area contributed by atoms with E-state index in [9.17, 15) is 9.59 Å². The second-order valence-corrected chi connectivity index (χ2v) is 7.38. The highest BCUT2D eigenvalue weighted by Gasteiger charge is 2.40. The Balaban J connectivity index is 0.00000196. The third kappa shape index (κ3) is 5.58. The molecular formula is C20H32Cl2N4O2. The number of aromatic nitrogens is 1. The van der Waals surface area contributed by atoms with E-state index in [0.29, 0.717) is 12.3 Å². The van der Waals surface area contributed by atoms with Gasteiger partial charge in [0, 0.05) is 56.1 Å². The zero-order valence-corrected chi connectivity index (χ0v) is 18.4. The number of halogens is 2. The van der Waals surface area contributed by atoms with Gasteiger partial charge in [-0.2, -0.15) is 0 Å². The predicted molar refractivity (Wildman–Crippen MR) is 115 cm³/mol. The first-order valence-corrected chi connectivity index (χ1v) is 9.82. The maximum absolute atomic E-state index is 13.0. The van der Waals surface area contributed by atoms with Crippen LogP contribution >= 0.6 is 24.8 Å². The molecular weight excluding hydrogens is 399 g/mol. The Morgan fingerprint density at radius 3 is 2.82 bits per heavy atom. The first-order valence-electron chi connectivity index (χ1n) is 9.82. The summed E-state index contributed by atoms with van der Waals surface area (Å²) in [6.45, 7) is 5.15. The maximum Gasteiger partial charge on any atom is 0.253 e. The van der Waals surface area contributed by atoms with Crippen LogP contribution in [0.4, 0.5) is 0 Å². The molecule has 0 aromatic carbocycles. The fraction of sp³-hybridized carbons (Fsp3) is 0.650. The summed E-state index contributed by atoms with van der Waals surface area (Å²) in [4.78, 5) is 33.6. The molecule has 2 aliphatic rings. The number of carbonyl (C=O) groups excluding carboxylic acids is 2. The lowest BCUT2D eigenvalue weighted by molar-refractivity contribution is -0.140. The molecule has 0 radical (unpaired) electrons. The van der Waals surface area contributed by atoms with Gasteiger partial charge in [-0.1, -0.05) is 13.3 Å². The van der Waals surface area contributed by atoms with Gasteiger partial charge < -0.3 is 15.1 Å². The number of piperidine rings is 2. The average molecular weight is 431 g/mol. The largest absolute Gasteiger partial charge is 0.338 e. The highest BCUT2D eigenvalue weighted by molar-refractivity contribution is 5.94. The van der Waals surface area contributed by atoms with Gasteiger partial charge in [0.15, 0.2) is 0 Å². The van der Waals surface area contributed by atoms with Crippen LogP contribution in [0.3, 0.4) is 0 Å². The van der Waals surface area contributed by atoms with E-state index in [1.807, 2.05) is 29.0 Å². The summed E-state index contributed by atoms with van der Waals surface area (Å²) < 4.78 is 0. The molecule has 2 atom stereocenters. The molecule has 158 valence electrons. The normalized spacial score (nSPS) is 21.4. The Kier molecular flexibility index (Phi) is 10.2. The molecule has 1 N–H and O–H groups in total. The van der Waals surface area contributed by atoms with Crippen LogP contribution in [-0.2, 0) is 11.2 Å². The monoisotopic (exact) mass is 430 g/mol. The first-order chi connectivity index (χ1) is 12.6. The maximum atomic E-state index is 13.0. The molecule has 28 heavy (non-hydrogen) atoms. The third-order valence-electron chi connectivity index (χ3n) is 5.60. The van der Waals surface area contributed by atoms with Crippen LogP contribution in [0.1, 0.15) is 48.7 Å². The first kappa shape index (κ1) is 24.7. The van der Waals surface area contributed by atoms with Gasteiger partial charge in [0.2, 0.25) is 5.91 Å². The molecule has 0 saturated carbocycles. The van der Waals surface area contributed by atoms with Crippen molar-refractivity contribution < 1.29 is 9.59 Å². The zero-order chi connectivity index (χ0) is 18.5. The smallest absolute Gasteiger partial charge is 0.253 e. The quantitative estimate of drug-likeness (QED) is 0.752. The second kappa shape index (κ2) is 11.6. The molecule has 2 saturated heterocycles. The number of likely N-dealkylation sites (tertiary alicyclic amines) is 2. The number of fused-ring (bicyclic) bond motifs is 1. The minimum absolute atomic E-state index is 0. The van der Waals surface area contributed by atoms with Crippen LogP contribution in [0.5, 0.6) is 0 Å². The summed E-state index contributed by atoms with van der Waals surface area (Å²) in [5.74, 6) is 0.751. The topological polar surface area (TPSA) is 65.5 Å². The van der Waals surface area contributed by atoms with Crippen molar-refractivity contribution in [2.45, 2.75) is 45.1 Å². The summed E-state index contributed by atoms with van der Waals surface area (Å²) in [6.07, 6.45) is 6.02. The van der Waals surface area contributed by atoms with Crippen LogP contribution < -0.4 is 5.32 Å². The minimum Gasteiger partial charge on any atom is -0.338 e. The van der Waals surface area contributed by atoms with Crippen LogP contribution in [0.15, 0.2) is 18.3 Å². The summed E-state index contributed by atoms with van der Waals surface area (Å²) in [5, 5.41) is 3.13. The van der Waals surface area contributed by atoms with Gasteiger partial charge in [0.1, 0.15) is 0 Å². The van der Waals surface area contributed by atoms with Gasteiger partial charge in [0.05, 0.1) is 0 Å². The fourth-order valence-electron chi connectivity index (χ4n) is 4.25. The van der Waals surface area contributed by atoms with Crippen LogP contribution in [0, 0.1) is 5.92 Å².